The molecule has 184 valence electrons. The Balaban J connectivity index is 1.33. The van der Waals surface area contributed by atoms with E-state index in [4.69, 9.17) is 11.6 Å². The van der Waals surface area contributed by atoms with Gasteiger partial charge in [-0.05, 0) is 70.8 Å². The SMILES string of the molecule is Clc1ccc(-c2cccc3c2sc2ccc(-c4ccc5c6ccccc6n(-c6ccccc6)c5c4)cc23)cc1. The van der Waals surface area contributed by atoms with Crippen LogP contribution < -0.4 is 0 Å². The van der Waals surface area contributed by atoms with Gasteiger partial charge in [0.2, 0.25) is 0 Å². The number of nitrogens with zero attached hydrogens (tertiary/aromatic N) is 1. The lowest BCUT2D eigenvalue weighted by atomic mass is 9.99. The molecular weight excluding hydrogens is 514 g/mol. The normalized spacial score (nSPS) is 11.7. The number of hydrogen-bond acceptors (Lipinski definition) is 1. The average Bonchev–Trinajstić information content (AvgIpc) is 3.53. The minimum atomic E-state index is 0.759. The van der Waals surface area contributed by atoms with Crippen LogP contribution in [0.2, 0.25) is 5.02 Å². The summed E-state index contributed by atoms with van der Waals surface area (Å²) in [6.45, 7) is 0. The molecule has 1 nitrogen and oxygen atoms in total. The predicted octanol–water partition coefficient (Wildman–Crippen LogP) is 11.1. The lowest BCUT2D eigenvalue weighted by molar-refractivity contribution is 1.18. The van der Waals surface area contributed by atoms with Gasteiger partial charge in [-0.2, -0.15) is 0 Å². The summed E-state index contributed by atoms with van der Waals surface area (Å²) < 4.78 is 4.99. The highest BCUT2D eigenvalue weighted by molar-refractivity contribution is 7.26. The molecule has 39 heavy (non-hydrogen) atoms. The van der Waals surface area contributed by atoms with Crippen molar-refractivity contribution in [3.63, 3.8) is 0 Å². The van der Waals surface area contributed by atoms with Gasteiger partial charge < -0.3 is 4.57 Å². The maximum Gasteiger partial charge on any atom is 0.0547 e. The molecule has 8 aromatic rings. The van der Waals surface area contributed by atoms with Crippen LogP contribution in [0.3, 0.4) is 0 Å². The van der Waals surface area contributed by atoms with Crippen molar-refractivity contribution in [2.45, 2.75) is 0 Å². The summed E-state index contributed by atoms with van der Waals surface area (Å²) in [6, 6.07) is 47.9. The van der Waals surface area contributed by atoms with Crippen LogP contribution in [0.15, 0.2) is 133 Å². The van der Waals surface area contributed by atoms with Gasteiger partial charge in [-0.3, -0.25) is 0 Å². The minimum Gasteiger partial charge on any atom is -0.309 e. The van der Waals surface area contributed by atoms with Crippen LogP contribution >= 0.6 is 22.9 Å². The van der Waals surface area contributed by atoms with Crippen LogP contribution in [0.25, 0.3) is 69.9 Å². The lowest BCUT2D eigenvalue weighted by Gasteiger charge is -2.09. The summed E-state index contributed by atoms with van der Waals surface area (Å²) in [5.74, 6) is 0. The highest BCUT2D eigenvalue weighted by atomic mass is 35.5. The topological polar surface area (TPSA) is 4.93 Å². The molecule has 0 spiro atoms. The van der Waals surface area contributed by atoms with Gasteiger partial charge in [-0.1, -0.05) is 96.5 Å². The quantitative estimate of drug-likeness (QED) is 0.212. The van der Waals surface area contributed by atoms with E-state index in [1.54, 1.807) is 0 Å². The molecule has 0 aliphatic rings. The molecule has 0 N–H and O–H groups in total. The maximum atomic E-state index is 6.16. The zero-order valence-electron chi connectivity index (χ0n) is 20.9. The number of benzene rings is 6. The first kappa shape index (κ1) is 22.6. The first-order valence-corrected chi connectivity index (χ1v) is 14.2. The number of fused-ring (bicyclic) bond motifs is 6. The van der Waals surface area contributed by atoms with E-state index in [0.717, 1.165) is 5.02 Å². The van der Waals surface area contributed by atoms with E-state index in [1.165, 1.54) is 69.9 Å². The molecule has 0 unspecified atom stereocenters. The van der Waals surface area contributed by atoms with E-state index < -0.39 is 0 Å². The third-order valence-corrected chi connectivity index (χ3v) is 9.15. The van der Waals surface area contributed by atoms with Gasteiger partial charge in [-0.15, -0.1) is 11.3 Å². The molecule has 0 amide bonds. The van der Waals surface area contributed by atoms with Crippen LogP contribution in [0, 0.1) is 0 Å². The number of thiophene rings is 1. The van der Waals surface area contributed by atoms with Crippen LogP contribution in [-0.2, 0) is 0 Å². The Morgan fingerprint density at radius 2 is 1.18 bits per heavy atom. The fourth-order valence-corrected chi connectivity index (χ4v) is 7.18. The fourth-order valence-electron chi connectivity index (χ4n) is 5.84. The van der Waals surface area contributed by atoms with E-state index in [0.29, 0.717) is 0 Å². The molecule has 0 saturated heterocycles. The molecule has 2 heterocycles. The maximum absolute atomic E-state index is 6.16. The second kappa shape index (κ2) is 8.84. The third-order valence-electron chi connectivity index (χ3n) is 7.67. The molecule has 6 aromatic carbocycles. The van der Waals surface area contributed by atoms with Gasteiger partial charge in [-0.25, -0.2) is 0 Å². The van der Waals surface area contributed by atoms with Gasteiger partial charge >= 0.3 is 0 Å². The lowest BCUT2D eigenvalue weighted by Crippen LogP contribution is -1.93. The summed E-state index contributed by atoms with van der Waals surface area (Å²) in [4.78, 5) is 0. The molecule has 0 atom stereocenters. The van der Waals surface area contributed by atoms with Crippen LogP contribution in [0.1, 0.15) is 0 Å². The van der Waals surface area contributed by atoms with Crippen LogP contribution in [0.5, 0.6) is 0 Å². The highest BCUT2D eigenvalue weighted by Crippen LogP contribution is 2.42. The van der Waals surface area contributed by atoms with E-state index >= 15 is 0 Å². The van der Waals surface area contributed by atoms with E-state index in [1.807, 2.05) is 23.5 Å². The van der Waals surface area contributed by atoms with Crippen molar-refractivity contribution < 1.29 is 0 Å². The second-order valence-electron chi connectivity index (χ2n) is 9.92. The summed E-state index contributed by atoms with van der Waals surface area (Å²) in [5, 5.41) is 5.90. The van der Waals surface area contributed by atoms with E-state index in [-0.39, 0.29) is 0 Å². The Morgan fingerprint density at radius 3 is 2.05 bits per heavy atom. The van der Waals surface area contributed by atoms with Crippen LogP contribution in [-0.4, -0.2) is 4.57 Å². The summed E-state index contributed by atoms with van der Waals surface area (Å²) in [7, 11) is 0. The smallest absolute Gasteiger partial charge is 0.0547 e. The van der Waals surface area contributed by atoms with Crippen LogP contribution in [0.4, 0.5) is 0 Å². The average molecular weight is 536 g/mol. The number of rotatable bonds is 3. The summed E-state index contributed by atoms with van der Waals surface area (Å²) >= 11 is 8.02. The zero-order chi connectivity index (χ0) is 25.9. The van der Waals surface area contributed by atoms with Crippen molar-refractivity contribution in [3.8, 4) is 27.9 Å². The largest absolute Gasteiger partial charge is 0.309 e. The van der Waals surface area contributed by atoms with Crippen molar-refractivity contribution in [2.24, 2.45) is 0 Å². The third kappa shape index (κ3) is 3.60. The molecule has 2 aromatic heterocycles. The molecule has 0 aliphatic carbocycles. The van der Waals surface area contributed by atoms with E-state index in [2.05, 4.69) is 126 Å². The Morgan fingerprint density at radius 1 is 0.487 bits per heavy atom. The fraction of sp³-hybridized carbons (Fsp3) is 0. The molecule has 0 radical (unpaired) electrons. The Labute approximate surface area is 235 Å². The van der Waals surface area contributed by atoms with Crippen molar-refractivity contribution in [2.75, 3.05) is 0 Å². The number of halogens is 1. The van der Waals surface area contributed by atoms with Crippen molar-refractivity contribution in [1.82, 2.24) is 4.57 Å². The van der Waals surface area contributed by atoms with Crippen molar-refractivity contribution in [1.29, 1.82) is 0 Å². The number of aromatic nitrogens is 1. The predicted molar refractivity (Wildman–Crippen MR) is 170 cm³/mol. The molecule has 0 saturated carbocycles. The molecule has 0 fully saturated rings. The number of para-hydroxylation sites is 2. The highest BCUT2D eigenvalue weighted by Gasteiger charge is 2.15. The Bertz CT molecular complexity index is 2170. The van der Waals surface area contributed by atoms with Gasteiger partial charge in [0.15, 0.2) is 0 Å². The summed E-state index contributed by atoms with van der Waals surface area (Å²) in [6.07, 6.45) is 0. The van der Waals surface area contributed by atoms with Crippen molar-refractivity contribution in [3.05, 3.63) is 138 Å². The first-order valence-electron chi connectivity index (χ1n) is 13.0. The second-order valence-corrected chi connectivity index (χ2v) is 11.4. The molecule has 8 rings (SSSR count). The van der Waals surface area contributed by atoms with Crippen molar-refractivity contribution >= 4 is 64.9 Å². The standard InChI is InChI=1S/C36H22ClNS/c37-26-17-13-23(14-18-26)28-10-6-11-31-32-21-24(16-20-35(32)39-36(28)31)25-15-19-30-29-9-4-5-12-33(29)38(34(30)22-25)27-7-2-1-3-8-27/h1-22H. The Kier molecular flexibility index (Phi) is 5.12. The minimum absolute atomic E-state index is 0.759. The van der Waals surface area contributed by atoms with Gasteiger partial charge in [0, 0.05) is 41.7 Å². The Hall–Kier alpha value is -4.37. The molecule has 3 heteroatoms. The van der Waals surface area contributed by atoms with Gasteiger partial charge in [0.1, 0.15) is 0 Å². The molecular formula is C36H22ClNS. The monoisotopic (exact) mass is 535 g/mol. The zero-order valence-corrected chi connectivity index (χ0v) is 22.5. The molecule has 0 aliphatic heterocycles. The van der Waals surface area contributed by atoms with E-state index in [9.17, 15) is 0 Å². The molecule has 0 bridgehead atoms. The number of hydrogen-bond donors (Lipinski definition) is 0. The first-order chi connectivity index (χ1) is 19.2. The van der Waals surface area contributed by atoms with Gasteiger partial charge in [0.05, 0.1) is 11.0 Å². The van der Waals surface area contributed by atoms with Gasteiger partial charge in [0.25, 0.3) is 0 Å². The summed E-state index contributed by atoms with van der Waals surface area (Å²) in [5.41, 5.74) is 8.51.